The van der Waals surface area contributed by atoms with E-state index in [2.05, 4.69) is 38.0 Å². The summed E-state index contributed by atoms with van der Waals surface area (Å²) >= 11 is 1.75. The second kappa shape index (κ2) is 3.90. The summed E-state index contributed by atoms with van der Waals surface area (Å²) in [7, 11) is 0. The number of aromatic nitrogens is 1. The van der Waals surface area contributed by atoms with Crippen molar-refractivity contribution < 1.29 is 0 Å². The van der Waals surface area contributed by atoms with Gasteiger partial charge in [-0.25, -0.2) is 4.98 Å². The molecule has 1 aromatic heterocycles. The molecule has 0 aromatic carbocycles. The second-order valence-corrected chi connectivity index (χ2v) is 4.35. The van der Waals surface area contributed by atoms with Crippen molar-refractivity contribution in [2.24, 2.45) is 0 Å². The van der Waals surface area contributed by atoms with Crippen molar-refractivity contribution in [3.8, 4) is 0 Å². The quantitative estimate of drug-likeness (QED) is 0.781. The summed E-state index contributed by atoms with van der Waals surface area (Å²) in [5.74, 6) is 0.536. The maximum absolute atomic E-state index is 4.51. The lowest BCUT2D eigenvalue weighted by molar-refractivity contribution is 0.825. The zero-order valence-corrected chi connectivity index (χ0v) is 8.96. The summed E-state index contributed by atoms with van der Waals surface area (Å²) in [4.78, 5) is 5.84. The van der Waals surface area contributed by atoms with Crippen molar-refractivity contribution in [3.05, 3.63) is 10.6 Å². The average molecular weight is 184 g/mol. The van der Waals surface area contributed by atoms with Crippen molar-refractivity contribution >= 4 is 16.5 Å². The summed E-state index contributed by atoms with van der Waals surface area (Å²) < 4.78 is 0. The Morgan fingerprint density at radius 1 is 1.50 bits per heavy atom. The highest BCUT2D eigenvalue weighted by atomic mass is 32.1. The van der Waals surface area contributed by atoms with E-state index in [9.17, 15) is 0 Å². The molecule has 12 heavy (non-hydrogen) atoms. The third-order valence-electron chi connectivity index (χ3n) is 1.71. The lowest BCUT2D eigenvalue weighted by Gasteiger charge is -1.99. The van der Waals surface area contributed by atoms with Crippen LogP contribution in [0.25, 0.3) is 0 Å². The Balaban J connectivity index is 2.85. The van der Waals surface area contributed by atoms with Gasteiger partial charge in [0.2, 0.25) is 0 Å². The molecule has 0 unspecified atom stereocenters. The number of nitrogens with zero attached hydrogens (tertiary/aromatic N) is 1. The van der Waals surface area contributed by atoms with Gasteiger partial charge in [0.1, 0.15) is 0 Å². The number of thiazole rings is 1. The van der Waals surface area contributed by atoms with Crippen LogP contribution < -0.4 is 5.32 Å². The van der Waals surface area contributed by atoms with Gasteiger partial charge in [-0.1, -0.05) is 13.8 Å². The van der Waals surface area contributed by atoms with Gasteiger partial charge in [-0.15, -0.1) is 11.3 Å². The molecule has 1 aromatic rings. The Hall–Kier alpha value is -0.570. The van der Waals surface area contributed by atoms with Gasteiger partial charge in [0.05, 0.1) is 5.69 Å². The van der Waals surface area contributed by atoms with Crippen LogP contribution in [-0.4, -0.2) is 11.5 Å². The zero-order chi connectivity index (χ0) is 9.14. The molecule has 0 aliphatic heterocycles. The van der Waals surface area contributed by atoms with Gasteiger partial charge in [-0.05, 0) is 19.8 Å². The Bertz CT molecular complexity index is 253. The fourth-order valence-corrected chi connectivity index (χ4v) is 2.21. The van der Waals surface area contributed by atoms with Gasteiger partial charge in [0, 0.05) is 11.4 Å². The SMILES string of the molecule is CCNc1nc(C(C)C)c(C)s1. The first kappa shape index (κ1) is 9.52. The van der Waals surface area contributed by atoms with E-state index in [-0.39, 0.29) is 0 Å². The molecule has 3 heteroatoms. The average Bonchev–Trinajstić information content (AvgIpc) is 2.32. The molecule has 0 radical (unpaired) electrons. The number of hydrogen-bond acceptors (Lipinski definition) is 3. The molecular weight excluding hydrogens is 168 g/mol. The molecule has 0 aliphatic rings. The number of rotatable bonds is 3. The van der Waals surface area contributed by atoms with Crippen LogP contribution >= 0.6 is 11.3 Å². The van der Waals surface area contributed by atoms with E-state index in [0.717, 1.165) is 11.7 Å². The molecule has 2 nitrogen and oxygen atoms in total. The Morgan fingerprint density at radius 3 is 2.58 bits per heavy atom. The van der Waals surface area contributed by atoms with Crippen LogP contribution in [0, 0.1) is 6.92 Å². The first-order valence-electron chi connectivity index (χ1n) is 4.36. The summed E-state index contributed by atoms with van der Waals surface area (Å²) in [6, 6.07) is 0. The van der Waals surface area contributed by atoms with Gasteiger partial charge < -0.3 is 5.32 Å². The van der Waals surface area contributed by atoms with Crippen LogP contribution in [0.4, 0.5) is 5.13 Å². The van der Waals surface area contributed by atoms with Crippen molar-refractivity contribution in [2.75, 3.05) is 11.9 Å². The van der Waals surface area contributed by atoms with E-state index in [1.165, 1.54) is 10.6 Å². The normalized spacial score (nSPS) is 10.8. The molecule has 0 saturated heterocycles. The third kappa shape index (κ3) is 1.97. The van der Waals surface area contributed by atoms with E-state index >= 15 is 0 Å². The molecule has 1 heterocycles. The van der Waals surface area contributed by atoms with Crippen molar-refractivity contribution in [2.45, 2.75) is 33.6 Å². The standard InChI is InChI=1S/C9H16N2S/c1-5-10-9-11-8(6(2)3)7(4)12-9/h6H,5H2,1-4H3,(H,10,11). The predicted octanol–water partition coefficient (Wildman–Crippen LogP) is 3.01. The fraction of sp³-hybridized carbons (Fsp3) is 0.667. The first-order valence-corrected chi connectivity index (χ1v) is 5.18. The topological polar surface area (TPSA) is 24.9 Å². The van der Waals surface area contributed by atoms with Gasteiger partial charge >= 0.3 is 0 Å². The number of nitrogens with one attached hydrogen (secondary N) is 1. The lowest BCUT2D eigenvalue weighted by Crippen LogP contribution is -1.96. The molecule has 68 valence electrons. The molecule has 0 atom stereocenters. The minimum Gasteiger partial charge on any atom is -0.362 e. The van der Waals surface area contributed by atoms with Gasteiger partial charge in [-0.3, -0.25) is 0 Å². The summed E-state index contributed by atoms with van der Waals surface area (Å²) in [6.07, 6.45) is 0. The molecule has 0 saturated carbocycles. The fourth-order valence-electron chi connectivity index (χ4n) is 1.17. The molecular formula is C9H16N2S. The summed E-state index contributed by atoms with van der Waals surface area (Å²) in [5, 5.41) is 4.29. The highest BCUT2D eigenvalue weighted by molar-refractivity contribution is 7.15. The summed E-state index contributed by atoms with van der Waals surface area (Å²) in [6.45, 7) is 9.53. The highest BCUT2D eigenvalue weighted by Gasteiger charge is 2.09. The van der Waals surface area contributed by atoms with Crippen LogP contribution in [0.15, 0.2) is 0 Å². The molecule has 0 amide bonds. The van der Waals surface area contributed by atoms with E-state index < -0.39 is 0 Å². The monoisotopic (exact) mass is 184 g/mol. The largest absolute Gasteiger partial charge is 0.362 e. The van der Waals surface area contributed by atoms with Crippen molar-refractivity contribution in [1.82, 2.24) is 4.98 Å². The molecule has 0 fully saturated rings. The third-order valence-corrected chi connectivity index (χ3v) is 2.65. The Morgan fingerprint density at radius 2 is 2.17 bits per heavy atom. The molecule has 0 spiro atoms. The highest BCUT2D eigenvalue weighted by Crippen LogP contribution is 2.26. The Kier molecular flexibility index (Phi) is 3.09. The molecule has 0 bridgehead atoms. The van der Waals surface area contributed by atoms with Crippen LogP contribution in [0.2, 0.25) is 0 Å². The van der Waals surface area contributed by atoms with E-state index in [4.69, 9.17) is 0 Å². The minimum absolute atomic E-state index is 0.536. The van der Waals surface area contributed by atoms with E-state index in [1.807, 2.05) is 0 Å². The lowest BCUT2D eigenvalue weighted by atomic mass is 10.1. The second-order valence-electron chi connectivity index (χ2n) is 3.15. The number of anilines is 1. The van der Waals surface area contributed by atoms with Gasteiger partial charge in [-0.2, -0.15) is 0 Å². The van der Waals surface area contributed by atoms with Crippen LogP contribution in [0.5, 0.6) is 0 Å². The van der Waals surface area contributed by atoms with Gasteiger partial charge in [0.25, 0.3) is 0 Å². The summed E-state index contributed by atoms with van der Waals surface area (Å²) in [5.41, 5.74) is 1.23. The van der Waals surface area contributed by atoms with E-state index in [0.29, 0.717) is 5.92 Å². The molecule has 0 aliphatic carbocycles. The smallest absolute Gasteiger partial charge is 0.183 e. The Labute approximate surface area is 78.0 Å². The van der Waals surface area contributed by atoms with Gasteiger partial charge in [0.15, 0.2) is 5.13 Å². The maximum Gasteiger partial charge on any atom is 0.183 e. The maximum atomic E-state index is 4.51. The molecule has 1 rings (SSSR count). The zero-order valence-electron chi connectivity index (χ0n) is 8.14. The van der Waals surface area contributed by atoms with Crippen molar-refractivity contribution in [1.29, 1.82) is 0 Å². The first-order chi connectivity index (χ1) is 5.65. The van der Waals surface area contributed by atoms with Crippen LogP contribution in [0.1, 0.15) is 37.3 Å². The predicted molar refractivity (Wildman–Crippen MR) is 55.1 cm³/mol. The van der Waals surface area contributed by atoms with Crippen molar-refractivity contribution in [3.63, 3.8) is 0 Å². The van der Waals surface area contributed by atoms with E-state index in [1.54, 1.807) is 11.3 Å². The van der Waals surface area contributed by atoms with Crippen LogP contribution in [0.3, 0.4) is 0 Å². The number of aryl methyl sites for hydroxylation is 1. The molecule has 1 N–H and O–H groups in total. The van der Waals surface area contributed by atoms with Crippen LogP contribution in [-0.2, 0) is 0 Å². The number of hydrogen-bond donors (Lipinski definition) is 1. The minimum atomic E-state index is 0.536.